The Morgan fingerprint density at radius 2 is 2.11 bits per heavy atom. The molecule has 1 atom stereocenters. The number of nitrogens with zero attached hydrogens (tertiary/aromatic N) is 3. The molecule has 0 saturated carbocycles. The van der Waals surface area contributed by atoms with E-state index >= 15 is 0 Å². The first-order chi connectivity index (χ1) is 13.2. The number of aromatic amines is 1. The number of rotatable bonds is 5. The average molecular weight is 382 g/mol. The van der Waals surface area contributed by atoms with E-state index in [0.717, 1.165) is 23.0 Å². The van der Waals surface area contributed by atoms with E-state index in [0.29, 0.717) is 11.6 Å². The zero-order chi connectivity index (χ0) is 18.6. The van der Waals surface area contributed by atoms with Crippen molar-refractivity contribution < 1.29 is 0 Å². The predicted octanol–water partition coefficient (Wildman–Crippen LogP) is 3.87. The van der Waals surface area contributed by atoms with Gasteiger partial charge < -0.3 is 5.32 Å². The smallest absolute Gasteiger partial charge is 0.280 e. The highest BCUT2D eigenvalue weighted by Gasteiger charge is 2.16. The number of likely N-dealkylation sites (tertiary alicyclic amines) is 1. The summed E-state index contributed by atoms with van der Waals surface area (Å²) in [6, 6.07) is 12.0. The van der Waals surface area contributed by atoms with Crippen LogP contribution in [0.3, 0.4) is 0 Å². The number of benzene rings is 1. The van der Waals surface area contributed by atoms with Crippen LogP contribution in [0.4, 0.5) is 11.6 Å². The third-order valence-corrected chi connectivity index (χ3v) is 5.69. The molecule has 1 unspecified atom stereocenters. The lowest BCUT2D eigenvalue weighted by Crippen LogP contribution is -2.33. The molecule has 3 aromatic rings. The zero-order valence-electron chi connectivity index (χ0n) is 15.3. The van der Waals surface area contributed by atoms with E-state index in [1.165, 1.54) is 42.8 Å². The van der Waals surface area contributed by atoms with E-state index in [1.807, 2.05) is 29.6 Å². The van der Waals surface area contributed by atoms with Crippen LogP contribution in [-0.2, 0) is 6.54 Å². The van der Waals surface area contributed by atoms with Crippen LogP contribution in [0.5, 0.6) is 0 Å². The molecule has 140 valence electrons. The van der Waals surface area contributed by atoms with Crippen molar-refractivity contribution in [2.75, 3.05) is 18.4 Å². The van der Waals surface area contributed by atoms with Gasteiger partial charge in [-0.05, 0) is 54.4 Å². The normalized spacial score (nSPS) is 17.7. The SMILES string of the molecule is CC1CCCN(Cc2ccc(Nc3nnc(-c4cccs4)c(=O)[nH]3)cc2)C1. The average Bonchev–Trinajstić information content (AvgIpc) is 3.18. The zero-order valence-corrected chi connectivity index (χ0v) is 16.1. The first-order valence-corrected chi connectivity index (χ1v) is 10.1. The van der Waals surface area contributed by atoms with Crippen molar-refractivity contribution in [3.8, 4) is 10.6 Å². The summed E-state index contributed by atoms with van der Waals surface area (Å²) in [6.45, 7) is 5.66. The standard InChI is InChI=1S/C20H23N5OS/c1-14-4-2-10-25(12-14)13-15-6-8-16(9-7-15)21-20-22-19(26)18(23-24-20)17-5-3-11-27-17/h3,5-9,11,14H,2,4,10,12-13H2,1H3,(H2,21,22,24,26). The van der Waals surface area contributed by atoms with Crippen molar-refractivity contribution in [1.29, 1.82) is 0 Å². The maximum Gasteiger partial charge on any atom is 0.280 e. The highest BCUT2D eigenvalue weighted by molar-refractivity contribution is 7.13. The summed E-state index contributed by atoms with van der Waals surface area (Å²) < 4.78 is 0. The van der Waals surface area contributed by atoms with E-state index in [1.54, 1.807) is 0 Å². The van der Waals surface area contributed by atoms with Crippen LogP contribution in [0.2, 0.25) is 0 Å². The molecule has 0 bridgehead atoms. The number of hydrogen-bond acceptors (Lipinski definition) is 6. The Hall–Kier alpha value is -2.51. The van der Waals surface area contributed by atoms with Gasteiger partial charge in [-0.2, -0.15) is 0 Å². The molecule has 6 nitrogen and oxygen atoms in total. The van der Waals surface area contributed by atoms with Crippen LogP contribution < -0.4 is 10.9 Å². The Labute approximate surface area is 162 Å². The maximum atomic E-state index is 12.2. The van der Waals surface area contributed by atoms with Gasteiger partial charge in [0.25, 0.3) is 5.56 Å². The van der Waals surface area contributed by atoms with Gasteiger partial charge in [-0.1, -0.05) is 25.1 Å². The lowest BCUT2D eigenvalue weighted by Gasteiger charge is -2.30. The quantitative estimate of drug-likeness (QED) is 0.702. The van der Waals surface area contributed by atoms with Gasteiger partial charge in [-0.25, -0.2) is 0 Å². The molecule has 2 aromatic heterocycles. The predicted molar refractivity (Wildman–Crippen MR) is 109 cm³/mol. The van der Waals surface area contributed by atoms with Crippen molar-refractivity contribution >= 4 is 23.0 Å². The highest BCUT2D eigenvalue weighted by atomic mass is 32.1. The minimum Gasteiger partial charge on any atom is -0.324 e. The Balaban J connectivity index is 1.41. The molecular formula is C20H23N5OS. The molecule has 1 saturated heterocycles. The van der Waals surface area contributed by atoms with Gasteiger partial charge in [0, 0.05) is 18.8 Å². The van der Waals surface area contributed by atoms with Crippen molar-refractivity contribution in [2.24, 2.45) is 5.92 Å². The van der Waals surface area contributed by atoms with Gasteiger partial charge in [0.1, 0.15) is 0 Å². The molecule has 0 amide bonds. The first-order valence-electron chi connectivity index (χ1n) is 9.26. The molecule has 0 radical (unpaired) electrons. The summed E-state index contributed by atoms with van der Waals surface area (Å²) in [5, 5.41) is 13.2. The number of piperidine rings is 1. The third-order valence-electron chi connectivity index (χ3n) is 4.82. The van der Waals surface area contributed by atoms with E-state index in [2.05, 4.69) is 44.5 Å². The topological polar surface area (TPSA) is 73.9 Å². The van der Waals surface area contributed by atoms with Crippen molar-refractivity contribution in [2.45, 2.75) is 26.3 Å². The molecule has 27 heavy (non-hydrogen) atoms. The largest absolute Gasteiger partial charge is 0.324 e. The number of aromatic nitrogens is 3. The van der Waals surface area contributed by atoms with Crippen LogP contribution in [-0.4, -0.2) is 33.2 Å². The molecule has 3 heterocycles. The molecule has 0 aliphatic carbocycles. The molecule has 1 aromatic carbocycles. The third kappa shape index (κ3) is 4.43. The highest BCUT2D eigenvalue weighted by Crippen LogP contribution is 2.21. The first kappa shape index (κ1) is 17.9. The molecule has 4 rings (SSSR count). The van der Waals surface area contributed by atoms with Crippen LogP contribution >= 0.6 is 11.3 Å². The van der Waals surface area contributed by atoms with Crippen LogP contribution in [0, 0.1) is 5.92 Å². The van der Waals surface area contributed by atoms with Gasteiger partial charge in [0.2, 0.25) is 5.95 Å². The number of thiophene rings is 1. The Bertz CT molecular complexity index is 936. The second kappa shape index (κ2) is 8.02. The monoisotopic (exact) mass is 381 g/mol. The minimum absolute atomic E-state index is 0.245. The van der Waals surface area contributed by atoms with Crippen LogP contribution in [0.15, 0.2) is 46.6 Å². The van der Waals surface area contributed by atoms with Crippen LogP contribution in [0.1, 0.15) is 25.3 Å². The summed E-state index contributed by atoms with van der Waals surface area (Å²) in [7, 11) is 0. The van der Waals surface area contributed by atoms with E-state index in [4.69, 9.17) is 0 Å². The van der Waals surface area contributed by atoms with Crippen LogP contribution in [0.25, 0.3) is 10.6 Å². The molecular weight excluding hydrogens is 358 g/mol. The molecule has 2 N–H and O–H groups in total. The fourth-order valence-corrected chi connectivity index (χ4v) is 4.19. The summed E-state index contributed by atoms with van der Waals surface area (Å²) >= 11 is 1.47. The lowest BCUT2D eigenvalue weighted by atomic mass is 10.00. The van der Waals surface area contributed by atoms with Gasteiger partial charge in [-0.3, -0.25) is 14.7 Å². The second-order valence-electron chi connectivity index (χ2n) is 7.13. The summed E-state index contributed by atoms with van der Waals surface area (Å²) in [5.74, 6) is 1.13. The van der Waals surface area contributed by atoms with Gasteiger partial charge in [0.15, 0.2) is 5.69 Å². The molecule has 1 aliphatic heterocycles. The second-order valence-corrected chi connectivity index (χ2v) is 8.08. The van der Waals surface area contributed by atoms with E-state index < -0.39 is 0 Å². The summed E-state index contributed by atoms with van der Waals surface area (Å²) in [5.41, 5.74) is 2.27. The maximum absolute atomic E-state index is 12.2. The number of nitrogens with one attached hydrogen (secondary N) is 2. The van der Waals surface area contributed by atoms with Gasteiger partial charge >= 0.3 is 0 Å². The molecule has 1 fully saturated rings. The van der Waals surface area contributed by atoms with Gasteiger partial charge in [-0.15, -0.1) is 21.5 Å². The van der Waals surface area contributed by atoms with Gasteiger partial charge in [0.05, 0.1) is 4.88 Å². The summed E-state index contributed by atoms with van der Waals surface area (Å²) in [4.78, 5) is 18.3. The van der Waals surface area contributed by atoms with Crippen molar-refractivity contribution in [3.05, 3.63) is 57.7 Å². The molecule has 1 aliphatic rings. The van der Waals surface area contributed by atoms with E-state index in [-0.39, 0.29) is 5.56 Å². The van der Waals surface area contributed by atoms with Crippen molar-refractivity contribution in [1.82, 2.24) is 20.1 Å². The fourth-order valence-electron chi connectivity index (χ4n) is 3.49. The van der Waals surface area contributed by atoms with E-state index in [9.17, 15) is 4.79 Å². The molecule has 0 spiro atoms. The Morgan fingerprint density at radius 3 is 2.81 bits per heavy atom. The fraction of sp³-hybridized carbons (Fsp3) is 0.350. The Morgan fingerprint density at radius 1 is 1.26 bits per heavy atom. The molecule has 7 heteroatoms. The number of H-pyrrole nitrogens is 1. The number of anilines is 2. The summed E-state index contributed by atoms with van der Waals surface area (Å²) in [6.07, 6.45) is 2.62. The van der Waals surface area contributed by atoms with Crippen molar-refractivity contribution in [3.63, 3.8) is 0 Å². The lowest BCUT2D eigenvalue weighted by molar-refractivity contribution is 0.176. The minimum atomic E-state index is -0.245. The number of hydrogen-bond donors (Lipinski definition) is 2. The Kier molecular flexibility index (Phi) is 5.31.